The molecule has 1 aromatic carbocycles. The maximum absolute atomic E-state index is 6.06. The van der Waals surface area contributed by atoms with Crippen LogP contribution >= 0.6 is 0 Å². The second kappa shape index (κ2) is 5.92. The Morgan fingerprint density at radius 1 is 1.07 bits per heavy atom. The van der Waals surface area contributed by atoms with Gasteiger partial charge in [0.25, 0.3) is 0 Å². The molecule has 84 valence electrons. The lowest BCUT2D eigenvalue weighted by atomic mass is 9.95. The number of hydrogen-bond donors (Lipinski definition) is 1. The van der Waals surface area contributed by atoms with Crippen LogP contribution in [0.1, 0.15) is 63.1 Å². The van der Waals surface area contributed by atoms with Gasteiger partial charge in [0, 0.05) is 6.04 Å². The summed E-state index contributed by atoms with van der Waals surface area (Å²) in [5, 5.41) is 0. The van der Waals surface area contributed by atoms with Crippen LogP contribution in [0.3, 0.4) is 0 Å². The van der Waals surface area contributed by atoms with Crippen molar-refractivity contribution in [3.8, 4) is 0 Å². The monoisotopic (exact) mass is 205 g/mol. The first-order valence-corrected chi connectivity index (χ1v) is 6.04. The molecule has 0 fully saturated rings. The normalized spacial score (nSPS) is 14.9. The Kier molecular flexibility index (Phi) is 4.83. The Hall–Kier alpha value is -0.820. The smallest absolute Gasteiger partial charge is 0.0294 e. The average molecular weight is 205 g/mol. The van der Waals surface area contributed by atoms with Crippen LogP contribution in [0.15, 0.2) is 24.3 Å². The molecule has 0 bridgehead atoms. The largest absolute Gasteiger partial charge is 0.324 e. The van der Waals surface area contributed by atoms with Crippen LogP contribution in [0.25, 0.3) is 0 Å². The molecule has 1 aromatic rings. The number of rotatable bonds is 5. The van der Waals surface area contributed by atoms with E-state index >= 15 is 0 Å². The Balaban J connectivity index is 2.71. The Labute approximate surface area is 93.7 Å². The summed E-state index contributed by atoms with van der Waals surface area (Å²) in [6.45, 7) is 6.66. The van der Waals surface area contributed by atoms with E-state index in [-0.39, 0.29) is 6.04 Å². The van der Waals surface area contributed by atoms with Crippen molar-refractivity contribution in [2.75, 3.05) is 0 Å². The van der Waals surface area contributed by atoms with Gasteiger partial charge in [0.05, 0.1) is 0 Å². The fourth-order valence-electron chi connectivity index (χ4n) is 1.79. The highest BCUT2D eigenvalue weighted by Crippen LogP contribution is 2.22. The van der Waals surface area contributed by atoms with Crippen molar-refractivity contribution in [1.29, 1.82) is 0 Å². The minimum Gasteiger partial charge on any atom is -0.324 e. The highest BCUT2D eigenvalue weighted by Gasteiger charge is 2.06. The van der Waals surface area contributed by atoms with E-state index in [1.165, 1.54) is 17.5 Å². The minimum absolute atomic E-state index is 0.209. The maximum atomic E-state index is 6.06. The number of hydrogen-bond acceptors (Lipinski definition) is 1. The fourth-order valence-corrected chi connectivity index (χ4v) is 1.79. The molecule has 1 heteroatoms. The van der Waals surface area contributed by atoms with E-state index < -0.39 is 0 Å². The highest BCUT2D eigenvalue weighted by molar-refractivity contribution is 5.26. The van der Waals surface area contributed by atoms with E-state index in [2.05, 4.69) is 45.0 Å². The molecule has 2 N–H and O–H groups in total. The summed E-state index contributed by atoms with van der Waals surface area (Å²) in [5.41, 5.74) is 8.75. The molecule has 2 atom stereocenters. The zero-order chi connectivity index (χ0) is 11.3. The van der Waals surface area contributed by atoms with Gasteiger partial charge in [0.15, 0.2) is 0 Å². The molecule has 0 aliphatic heterocycles. The van der Waals surface area contributed by atoms with Crippen molar-refractivity contribution in [2.45, 2.75) is 52.0 Å². The zero-order valence-electron chi connectivity index (χ0n) is 10.2. The minimum atomic E-state index is 0.209. The predicted molar refractivity (Wildman–Crippen MR) is 67.0 cm³/mol. The van der Waals surface area contributed by atoms with Crippen molar-refractivity contribution in [3.63, 3.8) is 0 Å². The van der Waals surface area contributed by atoms with Crippen LogP contribution in [0.5, 0.6) is 0 Å². The summed E-state index contributed by atoms with van der Waals surface area (Å²) < 4.78 is 0. The standard InChI is InChI=1S/C14H23N/c1-4-6-14(15)13-9-7-12(8-10-13)11(3)5-2/h7-11,14H,4-6,15H2,1-3H3. The fraction of sp³-hybridized carbons (Fsp3) is 0.571. The van der Waals surface area contributed by atoms with Crippen LogP contribution in [0, 0.1) is 0 Å². The Bertz CT molecular complexity index is 276. The first-order valence-electron chi connectivity index (χ1n) is 6.04. The van der Waals surface area contributed by atoms with Crippen molar-refractivity contribution >= 4 is 0 Å². The quantitative estimate of drug-likeness (QED) is 0.772. The van der Waals surface area contributed by atoms with Gasteiger partial charge in [0.1, 0.15) is 0 Å². The van der Waals surface area contributed by atoms with E-state index in [1.807, 2.05) is 0 Å². The third kappa shape index (κ3) is 3.35. The van der Waals surface area contributed by atoms with Crippen LogP contribution in [0.2, 0.25) is 0 Å². The topological polar surface area (TPSA) is 26.0 Å². The van der Waals surface area contributed by atoms with Gasteiger partial charge in [-0.1, -0.05) is 51.5 Å². The van der Waals surface area contributed by atoms with Gasteiger partial charge in [-0.3, -0.25) is 0 Å². The molecular weight excluding hydrogens is 182 g/mol. The first-order chi connectivity index (χ1) is 7.19. The predicted octanol–water partition coefficient (Wildman–Crippen LogP) is 4.00. The third-order valence-corrected chi connectivity index (χ3v) is 3.15. The average Bonchev–Trinajstić information content (AvgIpc) is 2.28. The van der Waals surface area contributed by atoms with Crippen LogP contribution in [-0.4, -0.2) is 0 Å². The third-order valence-electron chi connectivity index (χ3n) is 3.15. The van der Waals surface area contributed by atoms with Crippen molar-refractivity contribution in [2.24, 2.45) is 5.73 Å². The van der Waals surface area contributed by atoms with E-state index in [0.29, 0.717) is 5.92 Å². The van der Waals surface area contributed by atoms with Gasteiger partial charge < -0.3 is 5.73 Å². The SMILES string of the molecule is CCCC(N)c1ccc(C(C)CC)cc1. The molecule has 0 spiro atoms. The Morgan fingerprint density at radius 3 is 2.07 bits per heavy atom. The highest BCUT2D eigenvalue weighted by atomic mass is 14.6. The van der Waals surface area contributed by atoms with Gasteiger partial charge >= 0.3 is 0 Å². The molecule has 1 nitrogen and oxygen atoms in total. The lowest BCUT2D eigenvalue weighted by Gasteiger charge is -2.13. The molecular formula is C14H23N. The molecule has 0 saturated heterocycles. The van der Waals surface area contributed by atoms with E-state index in [1.54, 1.807) is 0 Å². The van der Waals surface area contributed by atoms with Crippen LogP contribution in [-0.2, 0) is 0 Å². The van der Waals surface area contributed by atoms with Gasteiger partial charge in [0.2, 0.25) is 0 Å². The zero-order valence-corrected chi connectivity index (χ0v) is 10.2. The molecule has 0 radical (unpaired) electrons. The second-order valence-corrected chi connectivity index (χ2v) is 4.37. The summed E-state index contributed by atoms with van der Waals surface area (Å²) >= 11 is 0. The van der Waals surface area contributed by atoms with Gasteiger partial charge in [-0.25, -0.2) is 0 Å². The lowest BCUT2D eigenvalue weighted by Crippen LogP contribution is -2.09. The van der Waals surface area contributed by atoms with Crippen molar-refractivity contribution < 1.29 is 0 Å². The summed E-state index contributed by atoms with van der Waals surface area (Å²) in [7, 11) is 0. The molecule has 0 aromatic heterocycles. The number of benzene rings is 1. The molecule has 0 amide bonds. The maximum Gasteiger partial charge on any atom is 0.0294 e. The first kappa shape index (κ1) is 12.3. The van der Waals surface area contributed by atoms with E-state index in [4.69, 9.17) is 5.73 Å². The van der Waals surface area contributed by atoms with Crippen LogP contribution in [0.4, 0.5) is 0 Å². The van der Waals surface area contributed by atoms with Gasteiger partial charge in [-0.2, -0.15) is 0 Å². The molecule has 1 rings (SSSR count). The molecule has 2 unspecified atom stereocenters. The molecule has 0 aliphatic rings. The van der Waals surface area contributed by atoms with Crippen molar-refractivity contribution in [3.05, 3.63) is 35.4 Å². The summed E-state index contributed by atoms with van der Waals surface area (Å²) in [5.74, 6) is 0.654. The summed E-state index contributed by atoms with van der Waals surface area (Å²) in [4.78, 5) is 0. The lowest BCUT2D eigenvalue weighted by molar-refractivity contribution is 0.637. The molecule has 0 saturated carbocycles. The van der Waals surface area contributed by atoms with E-state index in [0.717, 1.165) is 12.8 Å². The van der Waals surface area contributed by atoms with Gasteiger partial charge in [-0.15, -0.1) is 0 Å². The molecule has 15 heavy (non-hydrogen) atoms. The van der Waals surface area contributed by atoms with Crippen LogP contribution < -0.4 is 5.73 Å². The number of nitrogens with two attached hydrogens (primary N) is 1. The second-order valence-electron chi connectivity index (χ2n) is 4.37. The molecule has 0 heterocycles. The van der Waals surface area contributed by atoms with Crippen molar-refractivity contribution in [1.82, 2.24) is 0 Å². The van der Waals surface area contributed by atoms with Gasteiger partial charge in [-0.05, 0) is 29.9 Å². The summed E-state index contributed by atoms with van der Waals surface area (Å²) in [6, 6.07) is 9.02. The molecule has 0 aliphatic carbocycles. The Morgan fingerprint density at radius 2 is 1.60 bits per heavy atom. The summed E-state index contributed by atoms with van der Waals surface area (Å²) in [6.07, 6.45) is 3.41. The van der Waals surface area contributed by atoms with E-state index in [9.17, 15) is 0 Å².